The van der Waals surface area contributed by atoms with Gasteiger partial charge in [0.15, 0.2) is 0 Å². The Labute approximate surface area is 677 Å². The molecule has 0 saturated heterocycles. The first kappa shape index (κ1) is 100.0. The second-order valence-corrected chi connectivity index (χ2v) is 30.2. The molecule has 0 spiro atoms. The van der Waals surface area contributed by atoms with Crippen molar-refractivity contribution in [2.24, 2.45) is 0 Å². The van der Waals surface area contributed by atoms with Crippen LogP contribution >= 0.6 is 0 Å². The molecule has 0 bridgehead atoms. The first-order valence-corrected chi connectivity index (χ1v) is 40.8. The maximum Gasteiger partial charge on any atom is 0.149 e. The molecule has 0 unspecified atom stereocenters. The fraction of sp³-hybridized carbons (Fsp3) is 0.368. The van der Waals surface area contributed by atoms with E-state index in [1.54, 1.807) is 68.8 Å². The Hall–Kier alpha value is -10.1. The highest BCUT2D eigenvalue weighted by Gasteiger charge is 2.29. The molecule has 18 nitrogen and oxygen atoms in total. The molecule has 1 aromatic heterocycles. The summed E-state index contributed by atoms with van der Waals surface area (Å²) in [7, 11) is 6.00. The lowest BCUT2D eigenvalue weighted by Crippen LogP contribution is -2.48. The van der Waals surface area contributed by atoms with Gasteiger partial charge in [-0.15, -0.1) is 0 Å². The molecule has 114 heavy (non-hydrogen) atoms. The smallest absolute Gasteiger partial charge is 0.149 e. The number of nitrogens with zero attached hydrogens (tertiary/aromatic N) is 1. The van der Waals surface area contributed by atoms with Gasteiger partial charge < -0.3 is 31.7 Å². The van der Waals surface area contributed by atoms with E-state index in [0.29, 0.717) is 44.9 Å². The van der Waals surface area contributed by atoms with Crippen molar-refractivity contribution in [3.05, 3.63) is 258 Å². The number of sulfone groups is 1. The van der Waals surface area contributed by atoms with Gasteiger partial charge in [-0.05, 0) is 225 Å². The lowest BCUT2D eigenvalue weighted by molar-refractivity contribution is -0.123. The molecule has 0 aliphatic heterocycles. The first-order valence-electron chi connectivity index (χ1n) is 38.7. The number of likely N-dealkylation sites (N-methyl/N-ethyl adjacent to an activating group) is 5. The lowest BCUT2D eigenvalue weighted by atomic mass is 9.89. The highest BCUT2D eigenvalue weighted by atomic mass is 32.2. The van der Waals surface area contributed by atoms with E-state index < -0.39 is 9.84 Å². The third kappa shape index (κ3) is 39.6. The summed E-state index contributed by atoms with van der Waals surface area (Å²) >= 11 is 0. The SMILES string of the molecule is CC(=O)CCO.CC(=O)Cc1ccc2ccccc2c1.CC(=O)Cc1cccc2ccccc12.CC(=O)Cc1ccccc1.CCC(CC)(NC)C(C)=O.CN[C@@H](CCS(C)(=O)=O)C(C)=O.CN[C@@H](CCc1ccccc1)C(C)=O.CN[C@@H](Cc1c2ccccc2cc2ccccc12)C(C)=O.CN[C@@H](Cc1ccccn1)C(C)=O. The Balaban J connectivity index is 0.000000442. The third-order valence-corrected chi connectivity index (χ3v) is 19.8. The van der Waals surface area contributed by atoms with E-state index in [-0.39, 0.29) is 94.1 Å². The Morgan fingerprint density at radius 3 is 1.24 bits per heavy atom. The molecule has 1 heterocycles. The highest BCUT2D eigenvalue weighted by Crippen LogP contribution is 2.30. The molecule has 0 aliphatic carbocycles. The number of nitrogens with one attached hydrogen (secondary N) is 5. The van der Waals surface area contributed by atoms with Crippen LogP contribution in [0.25, 0.3) is 43.1 Å². The average molecular weight is 1570 g/mol. The van der Waals surface area contributed by atoms with Crippen LogP contribution in [0, 0.1) is 0 Å². The number of hydrogen-bond acceptors (Lipinski definition) is 18. The zero-order chi connectivity index (χ0) is 85.2. The average Bonchev–Trinajstić information content (AvgIpc) is 0.773. The topological polar surface area (TPSA) is 281 Å². The fourth-order valence-electron chi connectivity index (χ4n) is 12.2. The van der Waals surface area contributed by atoms with Crippen LogP contribution in [0.2, 0.25) is 0 Å². The van der Waals surface area contributed by atoms with Crippen LogP contribution in [0.1, 0.15) is 142 Å². The van der Waals surface area contributed by atoms with Crippen molar-refractivity contribution < 1.29 is 56.7 Å². The summed E-state index contributed by atoms with van der Waals surface area (Å²) in [4.78, 5) is 103. The Kier molecular flexibility index (Phi) is 48.6. The Bertz CT molecular complexity index is 4630. The molecule has 4 atom stereocenters. The summed E-state index contributed by atoms with van der Waals surface area (Å²) < 4.78 is 21.5. The number of aryl methyl sites for hydroxylation is 1. The minimum Gasteiger partial charge on any atom is -0.396 e. The lowest BCUT2D eigenvalue weighted by Gasteiger charge is -2.27. The number of aromatic nitrogens is 1. The summed E-state index contributed by atoms with van der Waals surface area (Å²) in [5.41, 5.74) is 6.52. The molecule has 10 rings (SSSR count). The summed E-state index contributed by atoms with van der Waals surface area (Å²) in [5, 5.41) is 32.7. The molecule has 10 aromatic rings. The van der Waals surface area contributed by atoms with Crippen molar-refractivity contribution in [2.75, 3.05) is 53.9 Å². The number of hydrogen-bond donors (Lipinski definition) is 6. The predicted octanol–water partition coefficient (Wildman–Crippen LogP) is 15.0. The number of fused-ring (bicyclic) bond motifs is 4. The van der Waals surface area contributed by atoms with E-state index in [2.05, 4.69) is 141 Å². The Morgan fingerprint density at radius 2 is 0.825 bits per heavy atom. The molecule has 612 valence electrons. The molecule has 9 aromatic carbocycles. The van der Waals surface area contributed by atoms with Crippen LogP contribution in [0.3, 0.4) is 0 Å². The number of carbonyl (C=O) groups excluding carboxylic acids is 9. The zero-order valence-corrected chi connectivity index (χ0v) is 71.0. The van der Waals surface area contributed by atoms with Crippen LogP contribution < -0.4 is 26.6 Å². The minimum atomic E-state index is -2.96. The molecule has 0 amide bonds. The van der Waals surface area contributed by atoms with Gasteiger partial charge in [-0.3, -0.25) is 48.1 Å². The van der Waals surface area contributed by atoms with Crippen LogP contribution in [0.4, 0.5) is 0 Å². The van der Waals surface area contributed by atoms with Gasteiger partial charge in [-0.2, -0.15) is 0 Å². The number of aliphatic hydroxyl groups excluding tert-OH is 1. The van der Waals surface area contributed by atoms with Crippen molar-refractivity contribution in [1.29, 1.82) is 0 Å². The summed E-state index contributed by atoms with van der Waals surface area (Å²) in [6.07, 6.45) is 10.1. The Morgan fingerprint density at radius 1 is 0.404 bits per heavy atom. The van der Waals surface area contributed by atoms with Gasteiger partial charge in [0, 0.05) is 56.9 Å². The van der Waals surface area contributed by atoms with Gasteiger partial charge in [0.1, 0.15) is 61.9 Å². The van der Waals surface area contributed by atoms with Crippen molar-refractivity contribution in [3.63, 3.8) is 0 Å². The van der Waals surface area contributed by atoms with Gasteiger partial charge >= 0.3 is 0 Å². The molecule has 0 saturated carbocycles. The fourth-order valence-corrected chi connectivity index (χ4v) is 12.9. The van der Waals surface area contributed by atoms with Gasteiger partial charge in [-0.1, -0.05) is 214 Å². The number of pyridine rings is 1. The molecule has 6 N–H and O–H groups in total. The van der Waals surface area contributed by atoms with Crippen molar-refractivity contribution in [1.82, 2.24) is 31.6 Å². The largest absolute Gasteiger partial charge is 0.396 e. The van der Waals surface area contributed by atoms with E-state index in [1.165, 1.54) is 74.3 Å². The van der Waals surface area contributed by atoms with Gasteiger partial charge in [0.25, 0.3) is 0 Å². The normalized spacial score (nSPS) is 11.6. The number of benzene rings is 9. The van der Waals surface area contributed by atoms with E-state index in [0.717, 1.165) is 48.1 Å². The summed E-state index contributed by atoms with van der Waals surface area (Å²) in [5.74, 6) is 1.47. The van der Waals surface area contributed by atoms with Crippen LogP contribution in [0.5, 0.6) is 0 Å². The highest BCUT2D eigenvalue weighted by molar-refractivity contribution is 7.90. The summed E-state index contributed by atoms with van der Waals surface area (Å²) in [6, 6.07) is 72.7. The zero-order valence-electron chi connectivity index (χ0n) is 70.2. The molecule has 0 fully saturated rings. The number of carbonyl (C=O) groups is 9. The van der Waals surface area contributed by atoms with E-state index in [1.807, 2.05) is 144 Å². The summed E-state index contributed by atoms with van der Waals surface area (Å²) in [6.45, 7) is 18.3. The van der Waals surface area contributed by atoms with E-state index in [9.17, 15) is 51.6 Å². The van der Waals surface area contributed by atoms with Gasteiger partial charge in [-0.25, -0.2) is 8.42 Å². The number of Topliss-reactive ketones (excluding diaryl/α,β-unsaturated/α-hetero) is 9. The van der Waals surface area contributed by atoms with Crippen molar-refractivity contribution >= 4 is 105 Å². The maximum atomic E-state index is 11.8. The minimum absolute atomic E-state index is 0.00444. The number of ketones is 9. The molecular formula is C95H124N6O12S. The monoisotopic (exact) mass is 1570 g/mol. The van der Waals surface area contributed by atoms with Gasteiger partial charge in [0.2, 0.25) is 0 Å². The maximum absolute atomic E-state index is 11.8. The third-order valence-electron chi connectivity index (χ3n) is 18.8. The second kappa shape index (κ2) is 55.4. The second-order valence-electron chi connectivity index (χ2n) is 28.0. The van der Waals surface area contributed by atoms with E-state index >= 15 is 0 Å². The van der Waals surface area contributed by atoms with Gasteiger partial charge in [0.05, 0.1) is 35.5 Å². The van der Waals surface area contributed by atoms with Crippen LogP contribution in [-0.4, -0.2) is 154 Å². The van der Waals surface area contributed by atoms with Crippen molar-refractivity contribution in [3.8, 4) is 0 Å². The molecule has 19 heteroatoms. The molecular weight excluding hydrogens is 1450 g/mol. The van der Waals surface area contributed by atoms with Crippen molar-refractivity contribution in [2.45, 2.75) is 176 Å². The predicted molar refractivity (Wildman–Crippen MR) is 469 cm³/mol. The van der Waals surface area contributed by atoms with Crippen LogP contribution in [-0.2, 0) is 91.5 Å². The molecule has 0 radical (unpaired) electrons. The number of aliphatic hydroxyl groups is 1. The number of rotatable bonds is 30. The quantitative estimate of drug-likeness (QED) is 0.0228. The van der Waals surface area contributed by atoms with E-state index in [4.69, 9.17) is 5.11 Å². The standard InChI is InChI=1S/C19H19NO.2C13H12O.C12H17NO.C10H14N2O.C9H10O.C8H17NO.C7H15NO3S.C4H8O2/c1-13(21)19(20-2)12-18-16-9-5-3-7-14(16)11-15-8-4-6-10-17(15)18;1-10(14)9-12-7-4-6-11-5-2-3-8-13(11)12;1-10(14)8-11-6-7-12-4-2-3-5-13(12)9-11;1-10(14)12(13-2)9-8-11-6-4-3-5-7-11;1-8(13)10(11-2)7-9-5-3-4-6-12-9;1-8(10)7-9-5-3-2-4-6-9;1-5-8(6-2,9-4)7(3)10;1-6(9)7(8-2)4-5-12(3,10)11;1-4(6)2-3-5/h3-11,19-20H,12H2,1-2H3;2-8H,9H2,1H3;2-7,9H,8H2,1H3;3-7,12-13H,8-9H2,1-2H3;3-6,10-11H,7H2,1-2H3;2-6H,7H2,1H3;9H,5-6H2,1-4H3;7-8H,4-5H2,1-3H3;5H,2-3H2,1H3/t19-;;;12-;10-;;;7-;/m0..00..0./s1. The molecule has 0 aliphatic rings. The van der Waals surface area contributed by atoms with Crippen LogP contribution in [0.15, 0.2) is 225 Å². The first-order chi connectivity index (χ1) is 54.2.